The summed E-state index contributed by atoms with van der Waals surface area (Å²) in [6.45, 7) is 3.02. The predicted octanol–water partition coefficient (Wildman–Crippen LogP) is 0.739. The van der Waals surface area contributed by atoms with E-state index in [0.29, 0.717) is 12.5 Å². The van der Waals surface area contributed by atoms with Gasteiger partial charge >= 0.3 is 0 Å². The minimum atomic E-state index is 0.0256. The van der Waals surface area contributed by atoms with E-state index in [9.17, 15) is 4.79 Å². The molecule has 1 aromatic rings. The lowest BCUT2D eigenvalue weighted by atomic mass is 10.1. The average Bonchev–Trinajstić information content (AvgIpc) is 2.89. The Hall–Kier alpha value is -1.36. The minimum Gasteiger partial charge on any atom is -0.349 e. The molecule has 5 heteroatoms. The van der Waals surface area contributed by atoms with Crippen LogP contribution in [0.1, 0.15) is 37.8 Å². The zero-order valence-corrected chi connectivity index (χ0v) is 10.4. The first kappa shape index (κ1) is 12.1. The molecule has 0 bridgehead atoms. The zero-order chi connectivity index (χ0) is 12.3. The van der Waals surface area contributed by atoms with Crippen LogP contribution in [0.25, 0.3) is 0 Å². The van der Waals surface area contributed by atoms with Gasteiger partial charge in [-0.25, -0.2) is 0 Å². The third-order valence-corrected chi connectivity index (χ3v) is 3.20. The third kappa shape index (κ3) is 3.30. The lowest BCUT2D eigenvalue weighted by Gasteiger charge is -2.14. The summed E-state index contributed by atoms with van der Waals surface area (Å²) in [5, 5.41) is 10.4. The van der Waals surface area contributed by atoms with E-state index < -0.39 is 0 Å². The molecule has 94 valence electrons. The van der Waals surface area contributed by atoms with Crippen LogP contribution in [0.4, 0.5) is 0 Å². The Morgan fingerprint density at radius 1 is 1.76 bits per heavy atom. The summed E-state index contributed by atoms with van der Waals surface area (Å²) in [6.07, 6.45) is 6.58. The second-order valence-corrected chi connectivity index (χ2v) is 4.73. The fourth-order valence-electron chi connectivity index (χ4n) is 2.20. The highest BCUT2D eigenvalue weighted by Gasteiger charge is 2.19. The van der Waals surface area contributed by atoms with Crippen molar-refractivity contribution in [3.05, 3.63) is 18.0 Å². The Bertz CT molecular complexity index is 382. The predicted molar refractivity (Wildman–Crippen MR) is 65.4 cm³/mol. The fraction of sp³-hybridized carbons (Fsp3) is 0.667. The highest BCUT2D eigenvalue weighted by Crippen LogP contribution is 2.12. The molecule has 2 N–H and O–H groups in total. The lowest BCUT2D eigenvalue weighted by molar-refractivity contribution is -0.122. The summed E-state index contributed by atoms with van der Waals surface area (Å²) in [7, 11) is 1.88. The van der Waals surface area contributed by atoms with Crippen LogP contribution in [0.5, 0.6) is 0 Å². The number of carbonyl (C=O) groups is 1. The van der Waals surface area contributed by atoms with Crippen molar-refractivity contribution in [2.24, 2.45) is 7.05 Å². The van der Waals surface area contributed by atoms with Gasteiger partial charge in [-0.1, -0.05) is 0 Å². The minimum absolute atomic E-state index is 0.0256. The molecular formula is C12H20N4O. The average molecular weight is 236 g/mol. The van der Waals surface area contributed by atoms with Gasteiger partial charge in [0, 0.05) is 31.3 Å². The van der Waals surface area contributed by atoms with E-state index in [1.165, 1.54) is 6.42 Å². The van der Waals surface area contributed by atoms with Crippen LogP contribution >= 0.6 is 0 Å². The summed E-state index contributed by atoms with van der Waals surface area (Å²) >= 11 is 0. The molecule has 0 saturated carbocycles. The van der Waals surface area contributed by atoms with Gasteiger partial charge in [-0.3, -0.25) is 9.48 Å². The van der Waals surface area contributed by atoms with Gasteiger partial charge in [-0.05, 0) is 26.3 Å². The molecule has 1 amide bonds. The maximum absolute atomic E-state index is 11.8. The van der Waals surface area contributed by atoms with E-state index in [4.69, 9.17) is 0 Å². The maximum Gasteiger partial charge on any atom is 0.222 e. The molecule has 1 aromatic heterocycles. The number of nitrogens with zero attached hydrogens (tertiary/aromatic N) is 2. The van der Waals surface area contributed by atoms with E-state index in [1.54, 1.807) is 10.9 Å². The van der Waals surface area contributed by atoms with Crippen molar-refractivity contribution in [2.45, 2.75) is 38.3 Å². The van der Waals surface area contributed by atoms with Crippen molar-refractivity contribution in [2.75, 3.05) is 6.54 Å². The quantitative estimate of drug-likeness (QED) is 0.810. The van der Waals surface area contributed by atoms with Gasteiger partial charge in [0.2, 0.25) is 5.91 Å². The van der Waals surface area contributed by atoms with E-state index >= 15 is 0 Å². The Morgan fingerprint density at radius 3 is 3.18 bits per heavy atom. The monoisotopic (exact) mass is 236 g/mol. The van der Waals surface area contributed by atoms with E-state index in [0.717, 1.165) is 18.5 Å². The standard InChI is InChI=1S/C12H20N4O/c1-9(10-7-14-16(2)8-10)15-12(17)6-11-4-3-5-13-11/h7-9,11,13H,3-6H2,1-2H3,(H,15,17). The maximum atomic E-state index is 11.8. The van der Waals surface area contributed by atoms with E-state index in [2.05, 4.69) is 15.7 Å². The number of nitrogens with one attached hydrogen (secondary N) is 2. The fourth-order valence-corrected chi connectivity index (χ4v) is 2.20. The van der Waals surface area contributed by atoms with Crippen LogP contribution in [0.15, 0.2) is 12.4 Å². The second kappa shape index (κ2) is 5.31. The molecule has 2 unspecified atom stereocenters. The Balaban J connectivity index is 1.81. The highest BCUT2D eigenvalue weighted by atomic mass is 16.1. The molecule has 0 aliphatic carbocycles. The summed E-state index contributed by atoms with van der Waals surface area (Å²) < 4.78 is 1.75. The van der Waals surface area contributed by atoms with Crippen LogP contribution in [0.2, 0.25) is 0 Å². The number of hydrogen-bond donors (Lipinski definition) is 2. The van der Waals surface area contributed by atoms with Gasteiger partial charge in [0.25, 0.3) is 0 Å². The van der Waals surface area contributed by atoms with Crippen molar-refractivity contribution >= 4 is 5.91 Å². The van der Waals surface area contributed by atoms with Crippen molar-refractivity contribution < 1.29 is 4.79 Å². The number of hydrogen-bond acceptors (Lipinski definition) is 3. The summed E-state index contributed by atoms with van der Waals surface area (Å²) in [5.74, 6) is 0.112. The molecule has 0 radical (unpaired) electrons. The van der Waals surface area contributed by atoms with Crippen molar-refractivity contribution in [3.8, 4) is 0 Å². The Kier molecular flexibility index (Phi) is 3.78. The van der Waals surface area contributed by atoms with Gasteiger partial charge in [0.05, 0.1) is 12.2 Å². The van der Waals surface area contributed by atoms with Crippen molar-refractivity contribution in [3.63, 3.8) is 0 Å². The lowest BCUT2D eigenvalue weighted by Crippen LogP contribution is -2.33. The number of aryl methyl sites for hydroxylation is 1. The molecule has 2 atom stereocenters. The highest BCUT2D eigenvalue weighted by molar-refractivity contribution is 5.77. The van der Waals surface area contributed by atoms with Gasteiger partial charge in [0.1, 0.15) is 0 Å². The third-order valence-electron chi connectivity index (χ3n) is 3.20. The molecule has 17 heavy (non-hydrogen) atoms. The van der Waals surface area contributed by atoms with Crippen molar-refractivity contribution in [1.82, 2.24) is 20.4 Å². The van der Waals surface area contributed by atoms with Crippen LogP contribution in [-0.4, -0.2) is 28.3 Å². The van der Waals surface area contributed by atoms with Gasteiger partial charge < -0.3 is 10.6 Å². The zero-order valence-electron chi connectivity index (χ0n) is 10.4. The first-order valence-corrected chi connectivity index (χ1v) is 6.16. The molecule has 2 heterocycles. The normalized spacial score (nSPS) is 21.4. The van der Waals surface area contributed by atoms with Crippen LogP contribution in [0.3, 0.4) is 0 Å². The Labute approximate surface area is 102 Å². The second-order valence-electron chi connectivity index (χ2n) is 4.73. The van der Waals surface area contributed by atoms with Crippen LogP contribution in [0, 0.1) is 0 Å². The smallest absolute Gasteiger partial charge is 0.222 e. The first-order chi connectivity index (χ1) is 8.15. The van der Waals surface area contributed by atoms with Crippen molar-refractivity contribution in [1.29, 1.82) is 0 Å². The van der Waals surface area contributed by atoms with Gasteiger partial charge in [-0.2, -0.15) is 5.10 Å². The summed E-state index contributed by atoms with van der Waals surface area (Å²) in [4.78, 5) is 11.8. The molecule has 1 saturated heterocycles. The number of carbonyl (C=O) groups excluding carboxylic acids is 1. The molecule has 1 fully saturated rings. The molecule has 5 nitrogen and oxygen atoms in total. The summed E-state index contributed by atoms with van der Waals surface area (Å²) in [5.41, 5.74) is 1.04. The molecule has 1 aliphatic heterocycles. The number of aromatic nitrogens is 2. The van der Waals surface area contributed by atoms with Crippen LogP contribution in [-0.2, 0) is 11.8 Å². The molecule has 1 aliphatic rings. The molecular weight excluding hydrogens is 216 g/mol. The topological polar surface area (TPSA) is 59.0 Å². The summed E-state index contributed by atoms with van der Waals surface area (Å²) in [6, 6.07) is 0.383. The Morgan fingerprint density at radius 2 is 2.59 bits per heavy atom. The first-order valence-electron chi connectivity index (χ1n) is 6.16. The van der Waals surface area contributed by atoms with E-state index in [-0.39, 0.29) is 11.9 Å². The molecule has 0 aromatic carbocycles. The largest absolute Gasteiger partial charge is 0.349 e. The van der Waals surface area contributed by atoms with Crippen LogP contribution < -0.4 is 10.6 Å². The number of rotatable bonds is 4. The molecule has 0 spiro atoms. The molecule has 2 rings (SSSR count). The SMILES string of the molecule is CC(NC(=O)CC1CCCN1)c1cnn(C)c1. The van der Waals surface area contributed by atoms with Gasteiger partial charge in [0.15, 0.2) is 0 Å². The number of amides is 1. The van der Waals surface area contributed by atoms with E-state index in [1.807, 2.05) is 20.2 Å². The van der Waals surface area contributed by atoms with Gasteiger partial charge in [-0.15, -0.1) is 0 Å².